The highest BCUT2D eigenvalue weighted by Crippen LogP contribution is 2.10. The second-order valence-corrected chi connectivity index (χ2v) is 3.67. The summed E-state index contributed by atoms with van der Waals surface area (Å²) in [5.74, 6) is 5.43. The van der Waals surface area contributed by atoms with Gasteiger partial charge in [-0.25, -0.2) is 10.6 Å². The molecule has 0 radical (unpaired) electrons. The van der Waals surface area contributed by atoms with E-state index in [0.717, 1.165) is 30.9 Å². The smallest absolute Gasteiger partial charge is 0.332 e. The molecule has 1 rings (SSSR count). The molecule has 1 fully saturated rings. The van der Waals surface area contributed by atoms with Gasteiger partial charge in [-0.05, 0) is 19.8 Å². The lowest BCUT2D eigenvalue weighted by Crippen LogP contribution is -2.54. The van der Waals surface area contributed by atoms with Crippen LogP contribution in [0.2, 0.25) is 0 Å². The molecule has 0 aromatic carbocycles. The first kappa shape index (κ1) is 11.8. The Morgan fingerprint density at radius 3 is 2.40 bits per heavy atom. The molecule has 0 aromatic rings. The van der Waals surface area contributed by atoms with Gasteiger partial charge in [-0.1, -0.05) is 0 Å². The van der Waals surface area contributed by atoms with E-state index < -0.39 is 12.1 Å². The third-order valence-electron chi connectivity index (χ3n) is 2.64. The number of rotatable bonds is 2. The Morgan fingerprint density at radius 2 is 1.93 bits per heavy atom. The summed E-state index contributed by atoms with van der Waals surface area (Å²) in [5.41, 5.74) is 0. The van der Waals surface area contributed by atoms with Crippen molar-refractivity contribution in [1.29, 1.82) is 0 Å². The lowest BCUT2D eigenvalue weighted by atomic mass is 10.3. The number of nitrogens with zero attached hydrogens (tertiary/aromatic N) is 2. The van der Waals surface area contributed by atoms with E-state index in [9.17, 15) is 9.59 Å². The summed E-state index contributed by atoms with van der Waals surface area (Å²) < 4.78 is 0. The molecular weight excluding hydrogens is 196 g/mol. The number of hydrazine groups is 1. The molecule has 86 valence electrons. The van der Waals surface area contributed by atoms with Crippen LogP contribution in [-0.4, -0.2) is 48.0 Å². The minimum Gasteiger partial charge on any atom is -0.341 e. The summed E-state index contributed by atoms with van der Waals surface area (Å²) in [6.45, 7) is 3.17. The largest absolute Gasteiger partial charge is 0.341 e. The Hall–Kier alpha value is -1.30. The Balaban J connectivity index is 2.54. The minimum absolute atomic E-state index is 0.0846. The van der Waals surface area contributed by atoms with Crippen molar-refractivity contribution in [2.24, 2.45) is 5.84 Å². The summed E-state index contributed by atoms with van der Waals surface area (Å²) in [4.78, 5) is 24.8. The maximum absolute atomic E-state index is 11.8. The van der Waals surface area contributed by atoms with E-state index in [2.05, 4.69) is 5.32 Å². The van der Waals surface area contributed by atoms with Gasteiger partial charge in [0.15, 0.2) is 0 Å². The van der Waals surface area contributed by atoms with Gasteiger partial charge in [0.2, 0.25) is 5.91 Å². The number of hydrogen-bond acceptors (Lipinski definition) is 3. The number of carbonyl (C=O) groups excluding carboxylic acids is 2. The predicted molar refractivity (Wildman–Crippen MR) is 55.8 cm³/mol. The number of likely N-dealkylation sites (tertiary alicyclic amines) is 1. The molecule has 1 aliphatic rings. The fourth-order valence-electron chi connectivity index (χ4n) is 1.63. The molecule has 1 heterocycles. The van der Waals surface area contributed by atoms with Gasteiger partial charge >= 0.3 is 6.03 Å². The van der Waals surface area contributed by atoms with Gasteiger partial charge in [0.1, 0.15) is 6.04 Å². The van der Waals surface area contributed by atoms with Crippen LogP contribution in [0.1, 0.15) is 19.8 Å². The van der Waals surface area contributed by atoms with Crippen LogP contribution in [0, 0.1) is 0 Å². The van der Waals surface area contributed by atoms with E-state index in [0.29, 0.717) is 0 Å². The zero-order valence-electron chi connectivity index (χ0n) is 9.19. The molecule has 3 amide bonds. The Kier molecular flexibility index (Phi) is 3.90. The van der Waals surface area contributed by atoms with Crippen LogP contribution in [-0.2, 0) is 4.79 Å². The Labute approximate surface area is 89.4 Å². The molecule has 0 saturated carbocycles. The topological polar surface area (TPSA) is 78.7 Å². The lowest BCUT2D eigenvalue weighted by Gasteiger charge is -2.26. The number of urea groups is 1. The van der Waals surface area contributed by atoms with Crippen LogP contribution < -0.4 is 11.2 Å². The summed E-state index contributed by atoms with van der Waals surface area (Å²) in [7, 11) is 1.48. The average molecular weight is 214 g/mol. The van der Waals surface area contributed by atoms with Crippen molar-refractivity contribution < 1.29 is 9.59 Å². The first-order valence-electron chi connectivity index (χ1n) is 5.12. The van der Waals surface area contributed by atoms with Gasteiger partial charge < -0.3 is 10.2 Å². The number of amides is 3. The van der Waals surface area contributed by atoms with Crippen molar-refractivity contribution in [3.05, 3.63) is 0 Å². The normalized spacial score (nSPS) is 17.4. The van der Waals surface area contributed by atoms with E-state index >= 15 is 0 Å². The summed E-state index contributed by atoms with van der Waals surface area (Å²) >= 11 is 0. The number of nitrogens with two attached hydrogens (primary N) is 1. The molecule has 0 aromatic heterocycles. The van der Waals surface area contributed by atoms with Crippen molar-refractivity contribution in [1.82, 2.24) is 15.2 Å². The van der Waals surface area contributed by atoms with Crippen molar-refractivity contribution in [2.45, 2.75) is 25.8 Å². The zero-order valence-corrected chi connectivity index (χ0v) is 9.19. The second-order valence-electron chi connectivity index (χ2n) is 3.67. The number of hydrogen-bond donors (Lipinski definition) is 2. The average Bonchev–Trinajstić information content (AvgIpc) is 2.78. The van der Waals surface area contributed by atoms with Gasteiger partial charge in [0.25, 0.3) is 0 Å². The molecule has 1 unspecified atom stereocenters. The highest BCUT2D eigenvalue weighted by atomic mass is 16.2. The SMILES string of the molecule is CNC(=O)N(N)C(C)C(=O)N1CCCC1. The molecule has 0 spiro atoms. The van der Waals surface area contributed by atoms with Crippen molar-refractivity contribution in [2.75, 3.05) is 20.1 Å². The first-order chi connectivity index (χ1) is 7.07. The maximum Gasteiger partial charge on any atom is 0.332 e. The van der Waals surface area contributed by atoms with Gasteiger partial charge in [-0.15, -0.1) is 0 Å². The van der Waals surface area contributed by atoms with E-state index in [1.807, 2.05) is 0 Å². The summed E-state index contributed by atoms with van der Waals surface area (Å²) in [6.07, 6.45) is 2.06. The number of nitrogens with one attached hydrogen (secondary N) is 1. The van der Waals surface area contributed by atoms with E-state index in [4.69, 9.17) is 5.84 Å². The van der Waals surface area contributed by atoms with Crippen LogP contribution in [0.4, 0.5) is 4.79 Å². The van der Waals surface area contributed by atoms with Gasteiger partial charge in [-0.2, -0.15) is 0 Å². The molecule has 3 N–H and O–H groups in total. The minimum atomic E-state index is -0.608. The quantitative estimate of drug-likeness (QED) is 0.370. The second kappa shape index (κ2) is 4.97. The third-order valence-corrected chi connectivity index (χ3v) is 2.64. The standard InChI is InChI=1S/C9H18N4O2/c1-7(13(10)9(15)11-2)8(14)12-5-3-4-6-12/h7H,3-6,10H2,1-2H3,(H,11,15). The maximum atomic E-state index is 11.8. The van der Waals surface area contributed by atoms with Crippen LogP contribution in [0.3, 0.4) is 0 Å². The van der Waals surface area contributed by atoms with Crippen LogP contribution in [0.5, 0.6) is 0 Å². The van der Waals surface area contributed by atoms with Gasteiger partial charge in [0.05, 0.1) is 0 Å². The first-order valence-corrected chi connectivity index (χ1v) is 5.12. The Bertz CT molecular complexity index is 250. The molecular formula is C9H18N4O2. The molecule has 1 saturated heterocycles. The van der Waals surface area contributed by atoms with Crippen LogP contribution in [0.15, 0.2) is 0 Å². The van der Waals surface area contributed by atoms with Crippen LogP contribution >= 0.6 is 0 Å². The van der Waals surface area contributed by atoms with Crippen molar-refractivity contribution in [3.8, 4) is 0 Å². The Morgan fingerprint density at radius 1 is 1.40 bits per heavy atom. The summed E-state index contributed by atoms with van der Waals surface area (Å²) in [5, 5.41) is 3.31. The third kappa shape index (κ3) is 2.59. The fourth-order valence-corrected chi connectivity index (χ4v) is 1.63. The molecule has 0 bridgehead atoms. The van der Waals surface area contributed by atoms with Crippen LogP contribution in [0.25, 0.3) is 0 Å². The monoisotopic (exact) mass is 214 g/mol. The lowest BCUT2D eigenvalue weighted by molar-refractivity contribution is -0.134. The van der Waals surface area contributed by atoms with E-state index in [1.54, 1.807) is 11.8 Å². The molecule has 1 aliphatic heterocycles. The fraction of sp³-hybridized carbons (Fsp3) is 0.778. The van der Waals surface area contributed by atoms with E-state index in [1.165, 1.54) is 7.05 Å². The molecule has 6 heteroatoms. The van der Waals surface area contributed by atoms with E-state index in [-0.39, 0.29) is 5.91 Å². The predicted octanol–water partition coefficient (Wildman–Crippen LogP) is -0.488. The van der Waals surface area contributed by atoms with Gasteiger partial charge in [-0.3, -0.25) is 9.80 Å². The highest BCUT2D eigenvalue weighted by molar-refractivity contribution is 5.86. The zero-order chi connectivity index (χ0) is 11.4. The van der Waals surface area contributed by atoms with Gasteiger partial charge in [0, 0.05) is 20.1 Å². The molecule has 15 heavy (non-hydrogen) atoms. The summed E-state index contributed by atoms with van der Waals surface area (Å²) in [6, 6.07) is -1.06. The molecule has 0 aliphatic carbocycles. The highest BCUT2D eigenvalue weighted by Gasteiger charge is 2.28. The molecule has 6 nitrogen and oxygen atoms in total. The van der Waals surface area contributed by atoms with Crippen molar-refractivity contribution in [3.63, 3.8) is 0 Å². The van der Waals surface area contributed by atoms with Crippen molar-refractivity contribution >= 4 is 11.9 Å². The molecule has 1 atom stereocenters. The number of carbonyl (C=O) groups is 2.